The van der Waals surface area contributed by atoms with Gasteiger partial charge in [-0.2, -0.15) is 0 Å². The molecule has 1 aliphatic carbocycles. The second-order valence-corrected chi connectivity index (χ2v) is 6.48. The van der Waals surface area contributed by atoms with Crippen molar-refractivity contribution in [3.05, 3.63) is 11.9 Å². The smallest absolute Gasteiger partial charge is 0.145 e. The SMILES string of the molecule is CC(C)c1nc(NN)cc(NCC2(N(C)C)CCCC2)n1. The Hall–Kier alpha value is -1.40. The summed E-state index contributed by atoms with van der Waals surface area (Å²) < 4.78 is 0. The highest BCUT2D eigenvalue weighted by Gasteiger charge is 2.35. The van der Waals surface area contributed by atoms with E-state index in [1.807, 2.05) is 6.07 Å². The van der Waals surface area contributed by atoms with Gasteiger partial charge in [-0.05, 0) is 26.9 Å². The lowest BCUT2D eigenvalue weighted by Crippen LogP contribution is -2.47. The molecule has 1 aromatic rings. The molecule has 118 valence electrons. The summed E-state index contributed by atoms with van der Waals surface area (Å²) in [5, 5.41) is 3.49. The molecule has 1 aromatic heterocycles. The van der Waals surface area contributed by atoms with Crippen molar-refractivity contribution in [2.75, 3.05) is 31.4 Å². The lowest BCUT2D eigenvalue weighted by Gasteiger charge is -2.36. The Balaban J connectivity index is 2.13. The van der Waals surface area contributed by atoms with Crippen LogP contribution in [0.5, 0.6) is 0 Å². The van der Waals surface area contributed by atoms with Crippen molar-refractivity contribution in [1.82, 2.24) is 14.9 Å². The van der Waals surface area contributed by atoms with E-state index in [0.29, 0.717) is 5.82 Å². The number of hydrazine groups is 1. The van der Waals surface area contributed by atoms with Gasteiger partial charge in [0, 0.05) is 24.1 Å². The fraction of sp³-hybridized carbons (Fsp3) is 0.733. The molecule has 6 nitrogen and oxygen atoms in total. The van der Waals surface area contributed by atoms with Crippen molar-refractivity contribution in [3.8, 4) is 0 Å². The van der Waals surface area contributed by atoms with Gasteiger partial charge >= 0.3 is 0 Å². The van der Waals surface area contributed by atoms with Crippen LogP contribution in [-0.4, -0.2) is 41.0 Å². The van der Waals surface area contributed by atoms with E-state index in [0.717, 1.165) is 18.2 Å². The van der Waals surface area contributed by atoms with Crippen LogP contribution >= 0.6 is 0 Å². The summed E-state index contributed by atoms with van der Waals surface area (Å²) in [6.45, 7) is 5.06. The first-order valence-corrected chi connectivity index (χ1v) is 7.74. The zero-order chi connectivity index (χ0) is 15.5. The van der Waals surface area contributed by atoms with E-state index in [4.69, 9.17) is 5.84 Å². The zero-order valence-corrected chi connectivity index (χ0v) is 13.6. The summed E-state index contributed by atoms with van der Waals surface area (Å²) in [5.41, 5.74) is 2.86. The summed E-state index contributed by atoms with van der Waals surface area (Å²) in [6, 6.07) is 1.87. The van der Waals surface area contributed by atoms with Crippen LogP contribution in [0.15, 0.2) is 6.07 Å². The predicted octanol–water partition coefficient (Wildman–Crippen LogP) is 2.17. The highest BCUT2D eigenvalue weighted by atomic mass is 15.3. The number of hydrogen-bond donors (Lipinski definition) is 3. The van der Waals surface area contributed by atoms with Crippen molar-refractivity contribution in [1.29, 1.82) is 0 Å². The van der Waals surface area contributed by atoms with E-state index in [1.54, 1.807) is 0 Å². The Kier molecular flexibility index (Phi) is 5.00. The number of nitrogen functional groups attached to an aromatic ring is 1. The highest BCUT2D eigenvalue weighted by Crippen LogP contribution is 2.34. The van der Waals surface area contributed by atoms with E-state index >= 15 is 0 Å². The average Bonchev–Trinajstić information content (AvgIpc) is 2.95. The second kappa shape index (κ2) is 6.58. The topological polar surface area (TPSA) is 79.1 Å². The van der Waals surface area contributed by atoms with Crippen molar-refractivity contribution < 1.29 is 0 Å². The maximum Gasteiger partial charge on any atom is 0.145 e. The van der Waals surface area contributed by atoms with Crippen molar-refractivity contribution >= 4 is 11.6 Å². The summed E-state index contributed by atoms with van der Waals surface area (Å²) in [5.74, 6) is 8.08. The number of anilines is 2. The second-order valence-electron chi connectivity index (χ2n) is 6.48. The monoisotopic (exact) mass is 292 g/mol. The van der Waals surface area contributed by atoms with Crippen LogP contribution in [0.1, 0.15) is 51.3 Å². The molecule has 4 N–H and O–H groups in total. The fourth-order valence-corrected chi connectivity index (χ4v) is 2.96. The molecule has 6 heteroatoms. The molecule has 0 radical (unpaired) electrons. The molecule has 0 bridgehead atoms. The van der Waals surface area contributed by atoms with Gasteiger partial charge in [0.1, 0.15) is 17.5 Å². The fourth-order valence-electron chi connectivity index (χ4n) is 2.96. The van der Waals surface area contributed by atoms with Crippen LogP contribution in [0.25, 0.3) is 0 Å². The maximum atomic E-state index is 5.50. The minimum absolute atomic E-state index is 0.235. The van der Waals surface area contributed by atoms with E-state index in [9.17, 15) is 0 Å². The molecule has 0 amide bonds. The van der Waals surface area contributed by atoms with E-state index in [-0.39, 0.29) is 11.5 Å². The lowest BCUT2D eigenvalue weighted by atomic mass is 9.96. The van der Waals surface area contributed by atoms with Gasteiger partial charge in [0.15, 0.2) is 0 Å². The number of aromatic nitrogens is 2. The van der Waals surface area contributed by atoms with Gasteiger partial charge in [-0.1, -0.05) is 26.7 Å². The standard InChI is InChI=1S/C15H28N6/c1-11(2)14-18-12(9-13(19-14)20-16)17-10-15(21(3)4)7-5-6-8-15/h9,11H,5-8,10,16H2,1-4H3,(H2,17,18,19,20). The number of nitrogens with one attached hydrogen (secondary N) is 2. The van der Waals surface area contributed by atoms with E-state index in [1.165, 1.54) is 25.7 Å². The van der Waals surface area contributed by atoms with Crippen molar-refractivity contribution in [2.45, 2.75) is 51.0 Å². The molecular weight excluding hydrogens is 264 g/mol. The van der Waals surface area contributed by atoms with Gasteiger partial charge in [0.25, 0.3) is 0 Å². The van der Waals surface area contributed by atoms with Crippen LogP contribution < -0.4 is 16.6 Å². The molecule has 0 spiro atoms. The third-order valence-electron chi connectivity index (χ3n) is 4.49. The lowest BCUT2D eigenvalue weighted by molar-refractivity contribution is 0.172. The Morgan fingerprint density at radius 1 is 1.24 bits per heavy atom. The number of rotatable bonds is 6. The zero-order valence-electron chi connectivity index (χ0n) is 13.6. The van der Waals surface area contributed by atoms with E-state index in [2.05, 4.69) is 53.6 Å². The summed E-state index contributed by atoms with van der Waals surface area (Å²) >= 11 is 0. The Morgan fingerprint density at radius 3 is 2.38 bits per heavy atom. The van der Waals surface area contributed by atoms with Crippen LogP contribution in [-0.2, 0) is 0 Å². The average molecular weight is 292 g/mol. The normalized spacial score (nSPS) is 17.5. The maximum absolute atomic E-state index is 5.50. The Labute approximate surface area is 127 Å². The molecular formula is C15H28N6. The van der Waals surface area contributed by atoms with Crippen molar-refractivity contribution in [2.24, 2.45) is 5.84 Å². The van der Waals surface area contributed by atoms with Crippen molar-refractivity contribution in [3.63, 3.8) is 0 Å². The van der Waals surface area contributed by atoms with Crippen LogP contribution in [0.4, 0.5) is 11.6 Å². The quantitative estimate of drug-likeness (QED) is 0.551. The van der Waals surface area contributed by atoms with Crippen LogP contribution in [0, 0.1) is 0 Å². The molecule has 0 unspecified atom stereocenters. The molecule has 0 aromatic carbocycles. The van der Waals surface area contributed by atoms with Crippen LogP contribution in [0.3, 0.4) is 0 Å². The summed E-state index contributed by atoms with van der Waals surface area (Å²) in [7, 11) is 4.33. The van der Waals surface area contributed by atoms with Crippen LogP contribution in [0.2, 0.25) is 0 Å². The molecule has 1 heterocycles. The minimum Gasteiger partial charge on any atom is -0.368 e. The van der Waals surface area contributed by atoms with Gasteiger partial charge in [-0.3, -0.25) is 0 Å². The summed E-state index contributed by atoms with van der Waals surface area (Å²) in [6.07, 6.45) is 5.07. The number of nitrogens with zero attached hydrogens (tertiary/aromatic N) is 3. The molecule has 2 rings (SSSR count). The van der Waals surface area contributed by atoms with Gasteiger partial charge in [-0.15, -0.1) is 0 Å². The first-order valence-electron chi connectivity index (χ1n) is 7.74. The molecule has 1 fully saturated rings. The molecule has 0 atom stereocenters. The minimum atomic E-state index is 0.235. The first-order chi connectivity index (χ1) is 9.97. The van der Waals surface area contributed by atoms with Gasteiger partial charge < -0.3 is 15.6 Å². The molecule has 1 aliphatic rings. The van der Waals surface area contributed by atoms with Gasteiger partial charge in [-0.25, -0.2) is 15.8 Å². The predicted molar refractivity (Wildman–Crippen MR) is 87.3 cm³/mol. The third-order valence-corrected chi connectivity index (χ3v) is 4.49. The largest absolute Gasteiger partial charge is 0.368 e. The number of likely N-dealkylation sites (N-methyl/N-ethyl adjacent to an activating group) is 1. The third kappa shape index (κ3) is 3.63. The first kappa shape index (κ1) is 16.0. The Bertz CT molecular complexity index is 465. The molecule has 21 heavy (non-hydrogen) atoms. The van der Waals surface area contributed by atoms with E-state index < -0.39 is 0 Å². The summed E-state index contributed by atoms with van der Waals surface area (Å²) in [4.78, 5) is 11.3. The molecule has 0 saturated heterocycles. The molecule has 1 saturated carbocycles. The molecule has 0 aliphatic heterocycles. The Morgan fingerprint density at radius 2 is 1.86 bits per heavy atom. The van der Waals surface area contributed by atoms with Gasteiger partial charge in [0.05, 0.1) is 0 Å². The number of hydrogen-bond acceptors (Lipinski definition) is 6. The highest BCUT2D eigenvalue weighted by molar-refractivity contribution is 5.47. The van der Waals surface area contributed by atoms with Gasteiger partial charge in [0.2, 0.25) is 0 Å². The number of nitrogens with two attached hydrogens (primary N) is 1.